The lowest BCUT2D eigenvalue weighted by atomic mass is 9.80. The van der Waals surface area contributed by atoms with Gasteiger partial charge in [0, 0.05) is 35.9 Å². The van der Waals surface area contributed by atoms with Crippen LogP contribution in [0.2, 0.25) is 0 Å². The molecule has 1 aromatic rings. The summed E-state index contributed by atoms with van der Waals surface area (Å²) in [4.78, 5) is 12.2. The first-order chi connectivity index (χ1) is 10.9. The van der Waals surface area contributed by atoms with Crippen LogP contribution in [0.25, 0.3) is 0 Å². The third kappa shape index (κ3) is 4.95. The molecule has 1 aliphatic heterocycles. The maximum absolute atomic E-state index is 12.2. The molecule has 2 heterocycles. The number of nitrogens with zero attached hydrogens (tertiary/aromatic N) is 2. The molecule has 0 spiro atoms. The Balaban J connectivity index is 1.89. The fourth-order valence-corrected chi connectivity index (χ4v) is 3.71. The zero-order valence-corrected chi connectivity index (χ0v) is 15.6. The maximum atomic E-state index is 12.2. The van der Waals surface area contributed by atoms with Crippen molar-refractivity contribution in [2.75, 3.05) is 6.54 Å². The second kappa shape index (κ2) is 6.37. The summed E-state index contributed by atoms with van der Waals surface area (Å²) in [5, 5.41) is 24.0. The van der Waals surface area contributed by atoms with Gasteiger partial charge in [0.25, 0.3) is 0 Å². The van der Waals surface area contributed by atoms with Crippen LogP contribution in [0.3, 0.4) is 0 Å². The molecule has 2 amide bonds. The van der Waals surface area contributed by atoms with E-state index >= 15 is 0 Å². The van der Waals surface area contributed by atoms with Crippen molar-refractivity contribution in [2.45, 2.75) is 70.2 Å². The molecule has 136 valence electrons. The average Bonchev–Trinajstić information content (AvgIpc) is 2.80. The number of nitrogens with one attached hydrogen (secondary N) is 3. The second-order valence-corrected chi connectivity index (χ2v) is 8.50. The lowest BCUT2D eigenvalue weighted by molar-refractivity contribution is 0.0587. The molecule has 7 nitrogen and oxygen atoms in total. The van der Waals surface area contributed by atoms with Crippen molar-refractivity contribution < 1.29 is 9.90 Å². The lowest BCUT2D eigenvalue weighted by Gasteiger charge is -2.46. The summed E-state index contributed by atoms with van der Waals surface area (Å²) in [6.07, 6.45) is 5.08. The number of piperidine rings is 1. The van der Waals surface area contributed by atoms with Crippen molar-refractivity contribution in [3.05, 3.63) is 18.0 Å². The van der Waals surface area contributed by atoms with E-state index in [1.165, 1.54) is 0 Å². The summed E-state index contributed by atoms with van der Waals surface area (Å²) in [7, 11) is 1.79. The second-order valence-electron chi connectivity index (χ2n) is 8.50. The van der Waals surface area contributed by atoms with Crippen molar-refractivity contribution in [3.63, 3.8) is 0 Å². The number of carbonyl (C=O) groups is 1. The molecule has 1 fully saturated rings. The topological polar surface area (TPSA) is 91.2 Å². The quantitative estimate of drug-likeness (QED) is 0.665. The molecule has 0 aliphatic carbocycles. The zero-order chi connectivity index (χ0) is 18.2. The van der Waals surface area contributed by atoms with E-state index in [0.717, 1.165) is 12.8 Å². The van der Waals surface area contributed by atoms with Crippen LogP contribution >= 0.6 is 0 Å². The highest BCUT2D eigenvalue weighted by atomic mass is 16.3. The van der Waals surface area contributed by atoms with Crippen LogP contribution in [0.4, 0.5) is 4.79 Å². The van der Waals surface area contributed by atoms with Crippen LogP contribution in [0.15, 0.2) is 12.4 Å². The first-order valence-corrected chi connectivity index (χ1v) is 8.44. The van der Waals surface area contributed by atoms with Crippen LogP contribution in [-0.4, -0.2) is 44.6 Å². The van der Waals surface area contributed by atoms with Gasteiger partial charge in [0.2, 0.25) is 0 Å². The molecule has 0 saturated carbocycles. The maximum Gasteiger partial charge on any atom is 0.315 e. The minimum atomic E-state index is -1.15. The first-order valence-electron chi connectivity index (χ1n) is 8.44. The average molecular weight is 337 g/mol. The monoisotopic (exact) mass is 337 g/mol. The Kier molecular flexibility index (Phi) is 4.97. The lowest BCUT2D eigenvalue weighted by Crippen LogP contribution is -2.63. The number of urea groups is 1. The Morgan fingerprint density at radius 1 is 1.42 bits per heavy atom. The van der Waals surface area contributed by atoms with Crippen LogP contribution in [0, 0.1) is 0 Å². The molecule has 1 aliphatic rings. The molecular formula is C17H31N5O2. The molecule has 0 aromatic carbocycles. The van der Waals surface area contributed by atoms with Gasteiger partial charge in [0.15, 0.2) is 0 Å². The summed E-state index contributed by atoms with van der Waals surface area (Å²) in [6, 6.07) is -0.155. The summed E-state index contributed by atoms with van der Waals surface area (Å²) in [6.45, 7) is 10.4. The van der Waals surface area contributed by atoms with Crippen molar-refractivity contribution in [2.24, 2.45) is 7.05 Å². The van der Waals surface area contributed by atoms with E-state index in [4.69, 9.17) is 0 Å². The summed E-state index contributed by atoms with van der Waals surface area (Å²) in [5.74, 6) is 0. The van der Waals surface area contributed by atoms with Gasteiger partial charge in [0.05, 0.1) is 12.7 Å². The van der Waals surface area contributed by atoms with Gasteiger partial charge in [-0.2, -0.15) is 5.10 Å². The van der Waals surface area contributed by atoms with Gasteiger partial charge in [0.1, 0.15) is 5.60 Å². The summed E-state index contributed by atoms with van der Waals surface area (Å²) >= 11 is 0. The third-order valence-electron chi connectivity index (χ3n) is 4.45. The van der Waals surface area contributed by atoms with Crippen LogP contribution < -0.4 is 16.0 Å². The predicted octanol–water partition coefficient (Wildman–Crippen LogP) is 1.24. The minimum absolute atomic E-state index is 0.0269. The molecular weight excluding hydrogens is 306 g/mol. The number of aliphatic hydroxyl groups is 1. The van der Waals surface area contributed by atoms with Crippen molar-refractivity contribution in [3.8, 4) is 0 Å². The van der Waals surface area contributed by atoms with Crippen LogP contribution in [-0.2, 0) is 12.6 Å². The summed E-state index contributed by atoms with van der Waals surface area (Å²) < 4.78 is 1.63. The first kappa shape index (κ1) is 18.7. The van der Waals surface area contributed by atoms with E-state index in [1.807, 2.05) is 0 Å². The van der Waals surface area contributed by atoms with Gasteiger partial charge in [-0.05, 0) is 47.5 Å². The normalized spacial score (nSPS) is 22.6. The van der Waals surface area contributed by atoms with Gasteiger partial charge >= 0.3 is 6.03 Å². The molecule has 1 saturated heterocycles. The van der Waals surface area contributed by atoms with Gasteiger partial charge in [-0.15, -0.1) is 0 Å². The Labute approximate surface area is 144 Å². The van der Waals surface area contributed by atoms with Crippen molar-refractivity contribution >= 4 is 6.03 Å². The van der Waals surface area contributed by atoms with Gasteiger partial charge in [-0.25, -0.2) is 4.79 Å². The van der Waals surface area contributed by atoms with Crippen molar-refractivity contribution in [1.29, 1.82) is 0 Å². The predicted molar refractivity (Wildman–Crippen MR) is 93.6 cm³/mol. The third-order valence-corrected chi connectivity index (χ3v) is 4.45. The van der Waals surface area contributed by atoms with Crippen LogP contribution in [0.1, 0.15) is 53.0 Å². The fraction of sp³-hybridized carbons (Fsp3) is 0.765. The number of hydrogen-bond acceptors (Lipinski definition) is 4. The van der Waals surface area contributed by atoms with Crippen molar-refractivity contribution in [1.82, 2.24) is 25.7 Å². The van der Waals surface area contributed by atoms with E-state index in [1.54, 1.807) is 31.0 Å². The highest BCUT2D eigenvalue weighted by molar-refractivity contribution is 5.74. The number of rotatable bonds is 4. The molecule has 0 bridgehead atoms. The fourth-order valence-electron chi connectivity index (χ4n) is 3.71. The molecule has 7 heteroatoms. The number of aromatic nitrogens is 2. The van der Waals surface area contributed by atoms with Crippen LogP contribution in [0.5, 0.6) is 0 Å². The number of aryl methyl sites for hydroxylation is 1. The van der Waals surface area contributed by atoms with Gasteiger partial charge < -0.3 is 21.1 Å². The Bertz CT molecular complexity index is 576. The van der Waals surface area contributed by atoms with Gasteiger partial charge in [-0.3, -0.25) is 4.68 Å². The smallest absolute Gasteiger partial charge is 0.315 e. The Morgan fingerprint density at radius 3 is 2.50 bits per heavy atom. The molecule has 24 heavy (non-hydrogen) atoms. The standard InChI is InChI=1S/C17H31N5O2/c1-15(2)7-13(8-16(3,4)21-15)20-14(23)18-11-17(5,24)12-9-19-22(6)10-12/h9-10,13,21,24H,7-8,11H2,1-6H3,(H2,18,20,23). The largest absolute Gasteiger partial charge is 0.383 e. The Morgan fingerprint density at radius 2 is 2.00 bits per heavy atom. The van der Waals surface area contributed by atoms with E-state index in [-0.39, 0.29) is 29.7 Å². The van der Waals surface area contributed by atoms with E-state index in [0.29, 0.717) is 5.56 Å². The Hall–Kier alpha value is -1.60. The molecule has 1 atom stereocenters. The van der Waals surface area contributed by atoms with Gasteiger partial charge in [-0.1, -0.05) is 0 Å². The van der Waals surface area contributed by atoms with E-state index in [9.17, 15) is 9.90 Å². The highest BCUT2D eigenvalue weighted by Crippen LogP contribution is 2.28. The zero-order valence-electron chi connectivity index (χ0n) is 15.6. The molecule has 1 aromatic heterocycles. The number of hydrogen-bond donors (Lipinski definition) is 4. The number of amides is 2. The molecule has 4 N–H and O–H groups in total. The summed E-state index contributed by atoms with van der Waals surface area (Å²) in [5.41, 5.74) is -0.533. The van der Waals surface area contributed by atoms with E-state index < -0.39 is 5.60 Å². The molecule has 0 radical (unpaired) electrons. The number of carbonyl (C=O) groups excluding carboxylic acids is 1. The minimum Gasteiger partial charge on any atom is -0.383 e. The molecule has 2 rings (SSSR count). The SMILES string of the molecule is Cn1cc(C(C)(O)CNC(=O)NC2CC(C)(C)NC(C)(C)C2)cn1. The van der Waals surface area contributed by atoms with E-state index in [2.05, 4.69) is 48.7 Å². The molecule has 1 unspecified atom stereocenters. The highest BCUT2D eigenvalue weighted by Gasteiger charge is 2.38.